The highest BCUT2D eigenvalue weighted by Crippen LogP contribution is 2.54. The van der Waals surface area contributed by atoms with E-state index in [0.717, 1.165) is 23.7 Å². The third-order valence-corrected chi connectivity index (χ3v) is 5.43. The Labute approximate surface area is 108 Å². The molecular weight excluding hydrogens is 222 g/mol. The molecule has 4 fully saturated rings. The van der Waals surface area contributed by atoms with Crippen LogP contribution in [0, 0.1) is 23.7 Å². The maximum Gasteiger partial charge on any atom is 0.115 e. The lowest BCUT2D eigenvalue weighted by Crippen LogP contribution is -2.51. The fourth-order valence-electron chi connectivity index (χ4n) is 4.91. The highest BCUT2D eigenvalue weighted by molar-refractivity contribution is 5.47. The quantitative estimate of drug-likeness (QED) is 0.777. The molecule has 1 aromatic rings. The summed E-state index contributed by atoms with van der Waals surface area (Å²) < 4.78 is 0. The van der Waals surface area contributed by atoms with E-state index in [0.29, 0.717) is 11.8 Å². The monoisotopic (exact) mass is 243 g/mol. The molecule has 2 nitrogen and oxygen atoms in total. The molecule has 18 heavy (non-hydrogen) atoms. The molecule has 4 aliphatic carbocycles. The Balaban J connectivity index is 1.53. The van der Waals surface area contributed by atoms with Crippen LogP contribution >= 0.6 is 0 Å². The van der Waals surface area contributed by atoms with E-state index in [1.165, 1.54) is 37.8 Å². The third kappa shape index (κ3) is 1.70. The SMILES string of the molecule is Oc1ccc(NC2C3CC4CC(C3)CC2C4)cc1. The summed E-state index contributed by atoms with van der Waals surface area (Å²) in [5.41, 5.74) is 1.17. The van der Waals surface area contributed by atoms with Gasteiger partial charge in [-0.15, -0.1) is 0 Å². The van der Waals surface area contributed by atoms with E-state index in [1.54, 1.807) is 12.1 Å². The summed E-state index contributed by atoms with van der Waals surface area (Å²) in [6, 6.07) is 8.24. The molecule has 0 aliphatic heterocycles. The van der Waals surface area contributed by atoms with Gasteiger partial charge in [-0.1, -0.05) is 0 Å². The summed E-state index contributed by atoms with van der Waals surface area (Å²) in [5, 5.41) is 13.1. The number of aromatic hydroxyl groups is 1. The summed E-state index contributed by atoms with van der Waals surface area (Å²) in [4.78, 5) is 0. The highest BCUT2D eigenvalue weighted by Gasteiger charge is 2.48. The van der Waals surface area contributed by atoms with Crippen molar-refractivity contribution in [2.45, 2.75) is 38.1 Å². The molecule has 4 bridgehead atoms. The second-order valence-electron chi connectivity index (χ2n) is 6.65. The predicted octanol–water partition coefficient (Wildman–Crippen LogP) is 3.63. The van der Waals surface area contributed by atoms with Gasteiger partial charge in [0.25, 0.3) is 0 Å². The van der Waals surface area contributed by atoms with Gasteiger partial charge in [0.15, 0.2) is 0 Å². The van der Waals surface area contributed by atoms with Crippen LogP contribution in [0.15, 0.2) is 24.3 Å². The van der Waals surface area contributed by atoms with E-state index >= 15 is 0 Å². The second-order valence-corrected chi connectivity index (χ2v) is 6.65. The largest absolute Gasteiger partial charge is 0.508 e. The Kier molecular flexibility index (Phi) is 2.33. The van der Waals surface area contributed by atoms with Crippen LogP contribution in [0.4, 0.5) is 5.69 Å². The fraction of sp³-hybridized carbons (Fsp3) is 0.625. The first-order valence-electron chi connectivity index (χ1n) is 7.33. The summed E-state index contributed by atoms with van der Waals surface area (Å²) in [6.45, 7) is 0. The van der Waals surface area contributed by atoms with E-state index in [9.17, 15) is 5.11 Å². The first kappa shape index (κ1) is 10.7. The van der Waals surface area contributed by atoms with Crippen molar-refractivity contribution in [2.24, 2.45) is 23.7 Å². The van der Waals surface area contributed by atoms with Gasteiger partial charge in [-0.3, -0.25) is 0 Å². The van der Waals surface area contributed by atoms with Crippen molar-refractivity contribution >= 4 is 5.69 Å². The van der Waals surface area contributed by atoms with E-state index in [-0.39, 0.29) is 0 Å². The minimum atomic E-state index is 0.352. The standard InChI is InChI=1S/C16H21NO/c18-15-3-1-14(2-4-15)17-16-12-6-10-5-11(8-12)9-13(16)7-10/h1-4,10-13,16-18H,5-9H2. The van der Waals surface area contributed by atoms with Crippen LogP contribution < -0.4 is 5.32 Å². The Morgan fingerprint density at radius 1 is 0.833 bits per heavy atom. The molecule has 0 saturated heterocycles. The minimum Gasteiger partial charge on any atom is -0.508 e. The number of hydrogen-bond acceptors (Lipinski definition) is 2. The maximum atomic E-state index is 9.34. The summed E-state index contributed by atoms with van der Waals surface area (Å²) in [7, 11) is 0. The predicted molar refractivity (Wildman–Crippen MR) is 72.6 cm³/mol. The molecular formula is C16H21NO. The van der Waals surface area contributed by atoms with Crippen molar-refractivity contribution in [1.29, 1.82) is 0 Å². The van der Waals surface area contributed by atoms with Crippen molar-refractivity contribution < 1.29 is 5.11 Å². The van der Waals surface area contributed by atoms with Crippen LogP contribution in [0.25, 0.3) is 0 Å². The van der Waals surface area contributed by atoms with Crippen LogP contribution in [0.3, 0.4) is 0 Å². The van der Waals surface area contributed by atoms with Crippen molar-refractivity contribution in [3.8, 4) is 5.75 Å². The highest BCUT2D eigenvalue weighted by atomic mass is 16.3. The lowest BCUT2D eigenvalue weighted by atomic mass is 9.54. The van der Waals surface area contributed by atoms with Gasteiger partial charge in [-0.05, 0) is 80.0 Å². The Hall–Kier alpha value is -1.18. The number of phenols is 1. The first-order valence-corrected chi connectivity index (χ1v) is 7.33. The van der Waals surface area contributed by atoms with Crippen LogP contribution in [-0.2, 0) is 0 Å². The van der Waals surface area contributed by atoms with E-state index in [2.05, 4.69) is 5.32 Å². The van der Waals surface area contributed by atoms with Crippen LogP contribution in [0.5, 0.6) is 5.75 Å². The van der Waals surface area contributed by atoms with Gasteiger partial charge in [0.1, 0.15) is 5.75 Å². The molecule has 0 aromatic heterocycles. The minimum absolute atomic E-state index is 0.352. The Bertz CT molecular complexity index is 411. The molecule has 0 amide bonds. The molecule has 0 unspecified atom stereocenters. The molecule has 4 aliphatic rings. The van der Waals surface area contributed by atoms with E-state index in [1.807, 2.05) is 12.1 Å². The van der Waals surface area contributed by atoms with Gasteiger partial charge in [0.2, 0.25) is 0 Å². The average Bonchev–Trinajstić information content (AvgIpc) is 2.35. The summed E-state index contributed by atoms with van der Waals surface area (Å²) >= 11 is 0. The van der Waals surface area contributed by atoms with E-state index in [4.69, 9.17) is 0 Å². The first-order chi connectivity index (χ1) is 8.78. The zero-order valence-electron chi connectivity index (χ0n) is 10.7. The van der Waals surface area contributed by atoms with Crippen molar-refractivity contribution in [2.75, 3.05) is 5.32 Å². The molecule has 0 heterocycles. The van der Waals surface area contributed by atoms with Gasteiger partial charge in [0.05, 0.1) is 0 Å². The third-order valence-electron chi connectivity index (χ3n) is 5.43. The topological polar surface area (TPSA) is 32.3 Å². The molecule has 2 heteroatoms. The zero-order chi connectivity index (χ0) is 12.1. The number of rotatable bonds is 2. The number of anilines is 1. The Morgan fingerprint density at radius 3 is 1.94 bits per heavy atom. The average molecular weight is 243 g/mol. The molecule has 96 valence electrons. The molecule has 5 rings (SSSR count). The number of hydrogen-bond donors (Lipinski definition) is 2. The van der Waals surface area contributed by atoms with Gasteiger partial charge in [0, 0.05) is 11.7 Å². The molecule has 1 aromatic carbocycles. The smallest absolute Gasteiger partial charge is 0.115 e. The Morgan fingerprint density at radius 2 is 1.39 bits per heavy atom. The van der Waals surface area contributed by atoms with Crippen LogP contribution in [-0.4, -0.2) is 11.1 Å². The van der Waals surface area contributed by atoms with Gasteiger partial charge < -0.3 is 10.4 Å². The summed E-state index contributed by atoms with van der Waals surface area (Å²) in [5.74, 6) is 4.21. The van der Waals surface area contributed by atoms with Crippen LogP contribution in [0.2, 0.25) is 0 Å². The van der Waals surface area contributed by atoms with Crippen molar-refractivity contribution in [3.63, 3.8) is 0 Å². The molecule has 0 radical (unpaired) electrons. The van der Waals surface area contributed by atoms with E-state index < -0.39 is 0 Å². The fourth-order valence-corrected chi connectivity index (χ4v) is 4.91. The maximum absolute atomic E-state index is 9.34. The van der Waals surface area contributed by atoms with Gasteiger partial charge in [-0.2, -0.15) is 0 Å². The van der Waals surface area contributed by atoms with Crippen LogP contribution in [0.1, 0.15) is 32.1 Å². The number of nitrogens with one attached hydrogen (secondary N) is 1. The summed E-state index contributed by atoms with van der Waals surface area (Å²) in [6.07, 6.45) is 7.30. The molecule has 0 atom stereocenters. The van der Waals surface area contributed by atoms with Gasteiger partial charge in [-0.25, -0.2) is 0 Å². The van der Waals surface area contributed by atoms with Gasteiger partial charge >= 0.3 is 0 Å². The van der Waals surface area contributed by atoms with Crippen molar-refractivity contribution in [1.82, 2.24) is 0 Å². The molecule has 2 N–H and O–H groups in total. The second kappa shape index (κ2) is 3.91. The van der Waals surface area contributed by atoms with Crippen molar-refractivity contribution in [3.05, 3.63) is 24.3 Å². The molecule has 4 saturated carbocycles. The zero-order valence-corrected chi connectivity index (χ0v) is 10.7. The lowest BCUT2D eigenvalue weighted by molar-refractivity contribution is 0.00754. The normalized spacial score (nSPS) is 41.0. The number of phenolic OH excluding ortho intramolecular Hbond substituents is 1. The molecule has 0 spiro atoms. The lowest BCUT2D eigenvalue weighted by Gasteiger charge is -2.54. The number of benzene rings is 1.